The molecule has 4 rings (SSSR count). The third-order valence-corrected chi connectivity index (χ3v) is 5.00. The molecule has 2 aromatic carbocycles. The number of anilines is 1. The van der Waals surface area contributed by atoms with Gasteiger partial charge < -0.3 is 19.9 Å². The predicted octanol–water partition coefficient (Wildman–Crippen LogP) is 2.41. The molecule has 0 bridgehead atoms. The number of hydrogen-bond acceptors (Lipinski definition) is 5. The van der Waals surface area contributed by atoms with E-state index in [2.05, 4.69) is 54.3 Å². The smallest absolute Gasteiger partial charge is 0.225 e. The largest absolute Gasteiger partial charge is 0.492 e. The van der Waals surface area contributed by atoms with Gasteiger partial charge in [0.2, 0.25) is 5.95 Å². The SMILES string of the molecule is CN=C(NCCOc1ccc2ccccc2c1)N1CCN(c2ncccn2)CC1. The van der Waals surface area contributed by atoms with Crippen LogP contribution in [0.3, 0.4) is 0 Å². The number of rotatable bonds is 5. The number of hydrogen-bond donors (Lipinski definition) is 1. The lowest BCUT2D eigenvalue weighted by molar-refractivity contribution is 0.315. The highest BCUT2D eigenvalue weighted by molar-refractivity contribution is 5.83. The number of benzene rings is 2. The van der Waals surface area contributed by atoms with E-state index in [1.165, 1.54) is 10.8 Å². The van der Waals surface area contributed by atoms with Crippen molar-refractivity contribution in [2.45, 2.75) is 0 Å². The summed E-state index contributed by atoms with van der Waals surface area (Å²) in [5, 5.41) is 5.81. The van der Waals surface area contributed by atoms with Gasteiger partial charge in [-0.1, -0.05) is 30.3 Å². The van der Waals surface area contributed by atoms with E-state index in [9.17, 15) is 0 Å². The van der Waals surface area contributed by atoms with Gasteiger partial charge in [0.05, 0.1) is 6.54 Å². The van der Waals surface area contributed by atoms with Gasteiger partial charge in [-0.25, -0.2) is 9.97 Å². The molecule has 1 fully saturated rings. The first-order valence-corrected chi connectivity index (χ1v) is 9.92. The molecule has 0 amide bonds. The average molecular weight is 390 g/mol. The molecule has 1 aliphatic rings. The molecule has 1 saturated heterocycles. The summed E-state index contributed by atoms with van der Waals surface area (Å²) in [5.41, 5.74) is 0. The van der Waals surface area contributed by atoms with Gasteiger partial charge in [0, 0.05) is 45.6 Å². The Morgan fingerprint density at radius 3 is 2.52 bits per heavy atom. The van der Waals surface area contributed by atoms with E-state index in [1.807, 2.05) is 31.3 Å². The van der Waals surface area contributed by atoms with Crippen LogP contribution in [-0.4, -0.2) is 67.2 Å². The third-order valence-electron chi connectivity index (χ3n) is 5.00. The molecular formula is C22H26N6O. The van der Waals surface area contributed by atoms with Crippen molar-refractivity contribution in [3.63, 3.8) is 0 Å². The Bertz CT molecular complexity index is 954. The highest BCUT2D eigenvalue weighted by Gasteiger charge is 2.20. The van der Waals surface area contributed by atoms with Gasteiger partial charge in [0.25, 0.3) is 0 Å². The summed E-state index contributed by atoms with van der Waals surface area (Å²) in [6.07, 6.45) is 3.56. The summed E-state index contributed by atoms with van der Waals surface area (Å²) in [7, 11) is 1.82. The van der Waals surface area contributed by atoms with E-state index in [1.54, 1.807) is 12.4 Å². The van der Waals surface area contributed by atoms with E-state index >= 15 is 0 Å². The van der Waals surface area contributed by atoms with Crippen molar-refractivity contribution in [1.29, 1.82) is 0 Å². The Hall–Kier alpha value is -3.35. The summed E-state index contributed by atoms with van der Waals surface area (Å²) >= 11 is 0. The first kappa shape index (κ1) is 19.0. The zero-order valence-corrected chi connectivity index (χ0v) is 16.7. The number of nitrogens with one attached hydrogen (secondary N) is 1. The Morgan fingerprint density at radius 1 is 1.00 bits per heavy atom. The van der Waals surface area contributed by atoms with E-state index in [-0.39, 0.29) is 0 Å². The second kappa shape index (κ2) is 9.23. The van der Waals surface area contributed by atoms with Gasteiger partial charge >= 0.3 is 0 Å². The van der Waals surface area contributed by atoms with Crippen LogP contribution in [0.1, 0.15) is 0 Å². The number of guanidine groups is 1. The van der Waals surface area contributed by atoms with Crippen molar-refractivity contribution in [2.75, 3.05) is 51.3 Å². The number of ether oxygens (including phenoxy) is 1. The molecule has 29 heavy (non-hydrogen) atoms. The van der Waals surface area contributed by atoms with Crippen LogP contribution in [0.2, 0.25) is 0 Å². The number of piperazine rings is 1. The van der Waals surface area contributed by atoms with Crippen LogP contribution < -0.4 is 15.0 Å². The first-order chi connectivity index (χ1) is 14.3. The molecule has 0 spiro atoms. The van der Waals surface area contributed by atoms with Crippen molar-refractivity contribution in [2.24, 2.45) is 4.99 Å². The van der Waals surface area contributed by atoms with Crippen molar-refractivity contribution < 1.29 is 4.74 Å². The quantitative estimate of drug-likeness (QED) is 0.410. The monoisotopic (exact) mass is 390 g/mol. The number of aliphatic imine (C=N–C) groups is 1. The fraction of sp³-hybridized carbons (Fsp3) is 0.318. The molecule has 0 unspecified atom stereocenters. The Kier molecular flexibility index (Phi) is 6.04. The fourth-order valence-corrected chi connectivity index (χ4v) is 3.49. The topological polar surface area (TPSA) is 65.9 Å². The molecular weight excluding hydrogens is 364 g/mol. The van der Waals surface area contributed by atoms with Gasteiger partial charge in [-0.15, -0.1) is 0 Å². The molecule has 1 aromatic heterocycles. The molecule has 0 atom stereocenters. The average Bonchev–Trinajstić information content (AvgIpc) is 2.80. The highest BCUT2D eigenvalue weighted by Crippen LogP contribution is 2.20. The molecule has 0 radical (unpaired) electrons. The maximum atomic E-state index is 5.91. The van der Waals surface area contributed by atoms with Crippen LogP contribution in [0.25, 0.3) is 10.8 Å². The zero-order valence-electron chi connectivity index (χ0n) is 16.7. The molecule has 3 aromatic rings. The summed E-state index contributed by atoms with van der Waals surface area (Å²) in [4.78, 5) is 17.6. The van der Waals surface area contributed by atoms with E-state index in [4.69, 9.17) is 4.74 Å². The van der Waals surface area contributed by atoms with Gasteiger partial charge in [-0.2, -0.15) is 0 Å². The second-order valence-corrected chi connectivity index (χ2v) is 6.85. The lowest BCUT2D eigenvalue weighted by atomic mass is 10.1. The minimum absolute atomic E-state index is 0.579. The Labute approximate surface area is 171 Å². The van der Waals surface area contributed by atoms with Gasteiger partial charge in [0.15, 0.2) is 5.96 Å². The Balaban J connectivity index is 1.23. The molecule has 150 valence electrons. The summed E-state index contributed by atoms with van der Waals surface area (Å²) in [6, 6.07) is 16.3. The molecule has 7 nitrogen and oxygen atoms in total. The lowest BCUT2D eigenvalue weighted by Gasteiger charge is -2.36. The molecule has 7 heteroatoms. The standard InChI is InChI=1S/C22H26N6O/c1-23-21(27-12-14-28(15-13-27)22-24-9-4-10-25-22)26-11-16-29-20-8-7-18-5-2-3-6-19(18)17-20/h2-10,17H,11-16H2,1H3,(H,23,26). The lowest BCUT2D eigenvalue weighted by Crippen LogP contribution is -2.53. The normalized spacial score (nSPS) is 14.9. The van der Waals surface area contributed by atoms with Crippen LogP contribution in [0.4, 0.5) is 5.95 Å². The van der Waals surface area contributed by atoms with Crippen LogP contribution in [-0.2, 0) is 0 Å². The molecule has 2 heterocycles. The highest BCUT2D eigenvalue weighted by atomic mass is 16.5. The minimum Gasteiger partial charge on any atom is -0.492 e. The summed E-state index contributed by atoms with van der Waals surface area (Å²) < 4.78 is 5.91. The van der Waals surface area contributed by atoms with Gasteiger partial charge in [-0.05, 0) is 29.0 Å². The molecule has 0 saturated carbocycles. The Morgan fingerprint density at radius 2 is 1.76 bits per heavy atom. The second-order valence-electron chi connectivity index (χ2n) is 6.85. The predicted molar refractivity (Wildman–Crippen MR) is 117 cm³/mol. The van der Waals surface area contributed by atoms with Crippen LogP contribution in [0.5, 0.6) is 5.75 Å². The van der Waals surface area contributed by atoms with Crippen molar-refractivity contribution in [3.8, 4) is 5.75 Å². The number of nitrogens with zero attached hydrogens (tertiary/aromatic N) is 5. The number of fused-ring (bicyclic) bond motifs is 1. The van der Waals surface area contributed by atoms with E-state index < -0.39 is 0 Å². The summed E-state index contributed by atoms with van der Waals surface area (Å²) in [5.74, 6) is 2.58. The van der Waals surface area contributed by atoms with Crippen molar-refractivity contribution >= 4 is 22.7 Å². The minimum atomic E-state index is 0.579. The molecule has 1 aliphatic heterocycles. The molecule has 0 aliphatic carbocycles. The van der Waals surface area contributed by atoms with E-state index in [0.717, 1.165) is 43.8 Å². The number of aromatic nitrogens is 2. The van der Waals surface area contributed by atoms with Crippen molar-refractivity contribution in [3.05, 3.63) is 60.9 Å². The van der Waals surface area contributed by atoms with Crippen molar-refractivity contribution in [1.82, 2.24) is 20.2 Å². The van der Waals surface area contributed by atoms with Crippen LogP contribution in [0.15, 0.2) is 65.9 Å². The van der Waals surface area contributed by atoms with Gasteiger partial charge in [0.1, 0.15) is 12.4 Å². The third kappa shape index (κ3) is 4.74. The van der Waals surface area contributed by atoms with Crippen LogP contribution in [0, 0.1) is 0 Å². The fourth-order valence-electron chi connectivity index (χ4n) is 3.49. The molecule has 1 N–H and O–H groups in total. The van der Waals surface area contributed by atoms with Gasteiger partial charge in [-0.3, -0.25) is 4.99 Å². The first-order valence-electron chi connectivity index (χ1n) is 9.92. The summed E-state index contributed by atoms with van der Waals surface area (Å²) in [6.45, 7) is 4.78. The van der Waals surface area contributed by atoms with Crippen LogP contribution >= 0.6 is 0 Å². The maximum Gasteiger partial charge on any atom is 0.225 e. The maximum absolute atomic E-state index is 5.91. The van der Waals surface area contributed by atoms with E-state index in [0.29, 0.717) is 13.2 Å². The zero-order chi connectivity index (χ0) is 19.9.